The quantitative estimate of drug-likeness (QED) is 0.714. The minimum Gasteiger partial charge on any atom is -0.469 e. The molecule has 1 amide bonds. The Hall–Kier alpha value is -1.10. The minimum absolute atomic E-state index is 0.0652. The van der Waals surface area contributed by atoms with Gasteiger partial charge >= 0.3 is 5.97 Å². The molecule has 1 saturated heterocycles. The fourth-order valence-corrected chi connectivity index (χ4v) is 2.33. The van der Waals surface area contributed by atoms with Gasteiger partial charge in [0, 0.05) is 19.5 Å². The van der Waals surface area contributed by atoms with Crippen molar-refractivity contribution in [3.05, 3.63) is 0 Å². The van der Waals surface area contributed by atoms with Gasteiger partial charge in [0.15, 0.2) is 0 Å². The Morgan fingerprint density at radius 3 is 2.83 bits per heavy atom. The number of carbonyl (C=O) groups excluding carboxylic acids is 2. The summed E-state index contributed by atoms with van der Waals surface area (Å²) in [6.07, 6.45) is 3.90. The van der Waals surface area contributed by atoms with Crippen LogP contribution in [0, 0.1) is 5.92 Å². The lowest BCUT2D eigenvalue weighted by molar-refractivity contribution is -0.142. The fraction of sp³-hybridized carbons (Fsp3) is 0.846. The number of hydrogen-bond donors (Lipinski definition) is 1. The molecule has 1 rings (SSSR count). The number of nitrogens with one attached hydrogen (secondary N) is 1. The molecular weight excluding hydrogens is 232 g/mol. The van der Waals surface area contributed by atoms with E-state index in [2.05, 4.69) is 22.0 Å². The number of hydrogen-bond acceptors (Lipinski definition) is 4. The Kier molecular flexibility index (Phi) is 6.72. The van der Waals surface area contributed by atoms with E-state index in [0.717, 1.165) is 13.0 Å². The normalized spacial score (nSPS) is 20.4. The highest BCUT2D eigenvalue weighted by Crippen LogP contribution is 2.17. The monoisotopic (exact) mass is 256 g/mol. The molecule has 1 atom stereocenters. The second-order valence-electron chi connectivity index (χ2n) is 4.99. The number of piperidine rings is 1. The van der Waals surface area contributed by atoms with Gasteiger partial charge in [-0.1, -0.05) is 0 Å². The van der Waals surface area contributed by atoms with E-state index in [4.69, 9.17) is 0 Å². The van der Waals surface area contributed by atoms with E-state index in [1.807, 2.05) is 0 Å². The largest absolute Gasteiger partial charge is 0.469 e. The van der Waals surface area contributed by atoms with Crippen molar-refractivity contribution < 1.29 is 14.3 Å². The zero-order valence-electron chi connectivity index (χ0n) is 11.4. The maximum atomic E-state index is 11.4. The summed E-state index contributed by atoms with van der Waals surface area (Å²) in [5, 5.41) is 2.86. The number of rotatable bonds is 6. The van der Waals surface area contributed by atoms with Gasteiger partial charge in [-0.15, -0.1) is 0 Å². The average Bonchev–Trinajstić information content (AvgIpc) is 2.36. The van der Waals surface area contributed by atoms with E-state index in [1.165, 1.54) is 26.5 Å². The third-order valence-corrected chi connectivity index (χ3v) is 3.38. The van der Waals surface area contributed by atoms with Gasteiger partial charge in [-0.25, -0.2) is 0 Å². The van der Waals surface area contributed by atoms with Crippen LogP contribution < -0.4 is 5.32 Å². The average molecular weight is 256 g/mol. The molecule has 0 aliphatic carbocycles. The lowest BCUT2D eigenvalue weighted by Gasteiger charge is -2.29. The first kappa shape index (κ1) is 15.0. The van der Waals surface area contributed by atoms with Crippen LogP contribution in [0.3, 0.4) is 0 Å². The predicted octanol–water partition coefficient (Wildman–Crippen LogP) is 0.788. The van der Waals surface area contributed by atoms with Gasteiger partial charge in [-0.3, -0.25) is 9.59 Å². The van der Waals surface area contributed by atoms with Crippen LogP contribution in [-0.2, 0) is 14.3 Å². The molecule has 0 spiro atoms. The Labute approximate surface area is 109 Å². The Balaban J connectivity index is 2.06. The van der Waals surface area contributed by atoms with Crippen LogP contribution in [0.5, 0.6) is 0 Å². The van der Waals surface area contributed by atoms with Gasteiger partial charge in [-0.05, 0) is 38.8 Å². The summed E-state index contributed by atoms with van der Waals surface area (Å²) in [5.41, 5.74) is 0. The molecular formula is C13H24N2O3. The smallest absolute Gasteiger partial charge is 0.306 e. The Bertz CT molecular complexity index is 281. The maximum absolute atomic E-state index is 11.4. The van der Waals surface area contributed by atoms with Crippen LogP contribution in [0.4, 0.5) is 0 Å². The molecule has 1 heterocycles. The first-order chi connectivity index (χ1) is 8.61. The number of methoxy groups -OCH3 is 1. The zero-order chi connectivity index (χ0) is 13.4. The number of esters is 1. The first-order valence-electron chi connectivity index (χ1n) is 6.64. The Morgan fingerprint density at radius 2 is 2.17 bits per heavy atom. The van der Waals surface area contributed by atoms with E-state index in [1.54, 1.807) is 0 Å². The van der Waals surface area contributed by atoms with Crippen LogP contribution in [-0.4, -0.2) is 50.6 Å². The summed E-state index contributed by atoms with van der Waals surface area (Å²) in [6.45, 7) is 3.01. The second kappa shape index (κ2) is 8.08. The predicted molar refractivity (Wildman–Crippen MR) is 69.1 cm³/mol. The number of carbonyl (C=O) groups is 2. The van der Waals surface area contributed by atoms with Crippen molar-refractivity contribution >= 4 is 11.9 Å². The summed E-state index contributed by atoms with van der Waals surface area (Å²) < 4.78 is 4.49. The number of likely N-dealkylation sites (tertiary alicyclic amines) is 1. The van der Waals surface area contributed by atoms with E-state index >= 15 is 0 Å². The molecule has 1 N–H and O–H groups in total. The first-order valence-corrected chi connectivity index (χ1v) is 6.64. The molecule has 1 aliphatic heterocycles. The molecule has 0 aromatic heterocycles. The summed E-state index contributed by atoms with van der Waals surface area (Å²) in [5.74, 6) is 0.285. The molecule has 0 radical (unpaired) electrons. The molecule has 1 unspecified atom stereocenters. The van der Waals surface area contributed by atoms with Crippen LogP contribution in [0.25, 0.3) is 0 Å². The summed E-state index contributed by atoms with van der Waals surface area (Å²) in [7, 11) is 3.47. The van der Waals surface area contributed by atoms with E-state index < -0.39 is 0 Å². The van der Waals surface area contributed by atoms with Gasteiger partial charge in [0.05, 0.1) is 13.5 Å². The van der Waals surface area contributed by atoms with Crippen molar-refractivity contribution in [3.8, 4) is 0 Å². The van der Waals surface area contributed by atoms with Gasteiger partial charge in [0.2, 0.25) is 5.91 Å². The van der Waals surface area contributed by atoms with E-state index in [9.17, 15) is 9.59 Å². The lowest BCUT2D eigenvalue weighted by Crippen LogP contribution is -2.34. The maximum Gasteiger partial charge on any atom is 0.306 e. The molecule has 0 aromatic rings. The van der Waals surface area contributed by atoms with Crippen molar-refractivity contribution in [1.82, 2.24) is 10.2 Å². The third-order valence-electron chi connectivity index (χ3n) is 3.38. The highest BCUT2D eigenvalue weighted by Gasteiger charge is 2.16. The number of amides is 1. The minimum atomic E-state index is -0.334. The van der Waals surface area contributed by atoms with Crippen LogP contribution in [0.1, 0.15) is 32.1 Å². The van der Waals surface area contributed by atoms with Crippen molar-refractivity contribution in [3.63, 3.8) is 0 Å². The molecule has 0 saturated carbocycles. The molecule has 1 fully saturated rings. The number of nitrogens with zero attached hydrogens (tertiary/aromatic N) is 1. The van der Waals surface area contributed by atoms with Crippen LogP contribution >= 0.6 is 0 Å². The standard InChI is InChI=1S/C13H24N2O3/c1-15-9-3-4-11(10-15)7-8-14-12(16)5-6-13(17)18-2/h11H,3-10H2,1-2H3,(H,14,16). The fourth-order valence-electron chi connectivity index (χ4n) is 2.33. The molecule has 1 aliphatic rings. The van der Waals surface area contributed by atoms with Gasteiger partial charge in [-0.2, -0.15) is 0 Å². The summed E-state index contributed by atoms with van der Waals surface area (Å²) in [6, 6.07) is 0. The summed E-state index contributed by atoms with van der Waals surface area (Å²) in [4.78, 5) is 24.6. The topological polar surface area (TPSA) is 58.6 Å². The number of ether oxygens (including phenoxy) is 1. The van der Waals surface area contributed by atoms with Gasteiger partial charge < -0.3 is 15.0 Å². The highest BCUT2D eigenvalue weighted by molar-refractivity contribution is 5.81. The van der Waals surface area contributed by atoms with Crippen molar-refractivity contribution in [2.75, 3.05) is 33.8 Å². The third kappa shape index (κ3) is 6.00. The van der Waals surface area contributed by atoms with Gasteiger partial charge in [0.1, 0.15) is 0 Å². The second-order valence-corrected chi connectivity index (χ2v) is 4.99. The molecule has 0 bridgehead atoms. The SMILES string of the molecule is COC(=O)CCC(=O)NCCC1CCCN(C)C1. The van der Waals surface area contributed by atoms with Gasteiger partial charge in [0.25, 0.3) is 0 Å². The zero-order valence-corrected chi connectivity index (χ0v) is 11.4. The molecule has 5 nitrogen and oxygen atoms in total. The van der Waals surface area contributed by atoms with Crippen molar-refractivity contribution in [2.45, 2.75) is 32.1 Å². The lowest BCUT2D eigenvalue weighted by atomic mass is 9.95. The van der Waals surface area contributed by atoms with E-state index in [-0.39, 0.29) is 24.7 Å². The molecule has 18 heavy (non-hydrogen) atoms. The van der Waals surface area contributed by atoms with E-state index in [0.29, 0.717) is 12.5 Å². The summed E-state index contributed by atoms with van der Waals surface area (Å²) >= 11 is 0. The molecule has 5 heteroatoms. The van der Waals surface area contributed by atoms with Crippen LogP contribution in [0.2, 0.25) is 0 Å². The van der Waals surface area contributed by atoms with Crippen LogP contribution in [0.15, 0.2) is 0 Å². The molecule has 0 aromatic carbocycles. The van der Waals surface area contributed by atoms with Crippen molar-refractivity contribution in [2.24, 2.45) is 5.92 Å². The van der Waals surface area contributed by atoms with Crippen molar-refractivity contribution in [1.29, 1.82) is 0 Å². The highest BCUT2D eigenvalue weighted by atomic mass is 16.5. The Morgan fingerprint density at radius 1 is 1.39 bits per heavy atom. The molecule has 104 valence electrons.